The van der Waals surface area contributed by atoms with Crippen molar-refractivity contribution in [3.63, 3.8) is 0 Å². The number of ether oxygens (including phenoxy) is 1. The van der Waals surface area contributed by atoms with Crippen LogP contribution in [0.5, 0.6) is 5.75 Å². The maximum absolute atomic E-state index is 12.3. The maximum atomic E-state index is 12.3. The molecule has 0 aliphatic rings. The van der Waals surface area contributed by atoms with Gasteiger partial charge in [0.05, 0.1) is 13.2 Å². The Bertz CT molecular complexity index is 1000. The van der Waals surface area contributed by atoms with E-state index in [-0.39, 0.29) is 18.4 Å². The minimum atomic E-state index is -0.160. The zero-order valence-corrected chi connectivity index (χ0v) is 18.3. The van der Waals surface area contributed by atoms with Gasteiger partial charge in [0.2, 0.25) is 11.8 Å². The van der Waals surface area contributed by atoms with Crippen molar-refractivity contribution < 1.29 is 14.3 Å². The minimum Gasteiger partial charge on any atom is -0.493 e. The van der Waals surface area contributed by atoms with E-state index in [4.69, 9.17) is 4.74 Å². The topological polar surface area (TPSA) is 79.5 Å². The van der Waals surface area contributed by atoms with Crippen molar-refractivity contribution in [1.29, 1.82) is 0 Å². The summed E-state index contributed by atoms with van der Waals surface area (Å²) in [5, 5.41) is 8.79. The Morgan fingerprint density at radius 1 is 0.781 bits per heavy atom. The highest BCUT2D eigenvalue weighted by Gasteiger charge is 2.05. The summed E-state index contributed by atoms with van der Waals surface area (Å²) in [5.74, 6) is 0.554. The summed E-state index contributed by atoms with van der Waals surface area (Å²) in [7, 11) is 0. The number of carbonyl (C=O) groups excluding carboxylic acids is 2. The summed E-state index contributed by atoms with van der Waals surface area (Å²) in [4.78, 5) is 24.0. The third kappa shape index (κ3) is 7.80. The van der Waals surface area contributed by atoms with Crippen LogP contribution in [0, 0.1) is 0 Å². The van der Waals surface area contributed by atoms with Crippen molar-refractivity contribution >= 4 is 28.9 Å². The zero-order valence-electron chi connectivity index (χ0n) is 18.3. The summed E-state index contributed by atoms with van der Waals surface area (Å²) >= 11 is 0. The van der Waals surface area contributed by atoms with Gasteiger partial charge in [-0.2, -0.15) is 0 Å². The molecule has 3 aromatic rings. The number of rotatable bonds is 11. The highest BCUT2D eigenvalue weighted by Crippen LogP contribution is 2.18. The molecule has 0 spiro atoms. The lowest BCUT2D eigenvalue weighted by Crippen LogP contribution is -2.21. The van der Waals surface area contributed by atoms with E-state index in [1.807, 2.05) is 73.7 Å². The largest absolute Gasteiger partial charge is 0.493 e. The number of hydrogen-bond acceptors (Lipinski definition) is 4. The monoisotopic (exact) mass is 431 g/mol. The first-order valence-corrected chi connectivity index (χ1v) is 10.8. The number of anilines is 3. The highest BCUT2D eigenvalue weighted by molar-refractivity contribution is 5.94. The van der Waals surface area contributed by atoms with Crippen LogP contribution < -0.4 is 20.7 Å². The molecule has 0 heterocycles. The van der Waals surface area contributed by atoms with Crippen molar-refractivity contribution in [3.8, 4) is 5.75 Å². The minimum absolute atomic E-state index is 0.00105. The molecule has 6 heteroatoms. The Morgan fingerprint density at radius 3 is 2.25 bits per heavy atom. The molecule has 0 aliphatic carbocycles. The summed E-state index contributed by atoms with van der Waals surface area (Å²) in [6, 6.07) is 24.8. The molecule has 0 aromatic heterocycles. The van der Waals surface area contributed by atoms with Crippen LogP contribution in [0.4, 0.5) is 17.1 Å². The van der Waals surface area contributed by atoms with Gasteiger partial charge in [-0.1, -0.05) is 43.3 Å². The van der Waals surface area contributed by atoms with E-state index in [1.165, 1.54) is 5.56 Å². The molecule has 0 aliphatic heterocycles. The van der Waals surface area contributed by atoms with Gasteiger partial charge in [-0.25, -0.2) is 0 Å². The second-order valence-corrected chi connectivity index (χ2v) is 7.39. The van der Waals surface area contributed by atoms with Gasteiger partial charge in [0.15, 0.2) is 0 Å². The van der Waals surface area contributed by atoms with Gasteiger partial charge in [0, 0.05) is 36.0 Å². The molecule has 0 saturated carbocycles. The lowest BCUT2D eigenvalue weighted by molar-refractivity contribution is -0.116. The molecule has 32 heavy (non-hydrogen) atoms. The van der Waals surface area contributed by atoms with Crippen LogP contribution in [0.3, 0.4) is 0 Å². The van der Waals surface area contributed by atoms with Crippen molar-refractivity contribution in [2.75, 3.05) is 29.1 Å². The standard InChI is InChI=1S/C26H29N3O3/c1-2-7-25(30)28-22-14-12-21(13-15-22)27-19-26(31)29-23-10-6-11-24(18-23)32-17-16-20-8-4-3-5-9-20/h3-6,8-15,18,27H,2,7,16-17,19H2,1H3,(H,28,30)(H,29,31). The van der Waals surface area contributed by atoms with Gasteiger partial charge in [0.25, 0.3) is 0 Å². The summed E-state index contributed by atoms with van der Waals surface area (Å²) < 4.78 is 5.82. The first-order valence-electron chi connectivity index (χ1n) is 10.8. The lowest BCUT2D eigenvalue weighted by atomic mass is 10.2. The molecule has 0 radical (unpaired) electrons. The number of nitrogens with one attached hydrogen (secondary N) is 3. The molecule has 0 saturated heterocycles. The molecular formula is C26H29N3O3. The van der Waals surface area contributed by atoms with Gasteiger partial charge >= 0.3 is 0 Å². The summed E-state index contributed by atoms with van der Waals surface area (Å²) in [5.41, 5.74) is 3.44. The molecule has 0 fully saturated rings. The Kier molecular flexibility index (Phi) is 8.69. The molecule has 166 valence electrons. The molecule has 0 atom stereocenters. The van der Waals surface area contributed by atoms with Gasteiger partial charge in [0.1, 0.15) is 5.75 Å². The fraction of sp³-hybridized carbons (Fsp3) is 0.231. The van der Waals surface area contributed by atoms with E-state index in [0.29, 0.717) is 24.5 Å². The maximum Gasteiger partial charge on any atom is 0.243 e. The quantitative estimate of drug-likeness (QED) is 0.395. The fourth-order valence-electron chi connectivity index (χ4n) is 3.10. The molecule has 3 N–H and O–H groups in total. The predicted molar refractivity (Wildman–Crippen MR) is 129 cm³/mol. The van der Waals surface area contributed by atoms with Crippen molar-refractivity contribution in [2.45, 2.75) is 26.2 Å². The van der Waals surface area contributed by atoms with Gasteiger partial charge in [-0.15, -0.1) is 0 Å². The van der Waals surface area contributed by atoms with Crippen molar-refractivity contribution in [3.05, 3.63) is 84.4 Å². The average molecular weight is 432 g/mol. The highest BCUT2D eigenvalue weighted by atomic mass is 16.5. The van der Waals surface area contributed by atoms with E-state index < -0.39 is 0 Å². The predicted octanol–water partition coefficient (Wildman–Crippen LogP) is 5.10. The normalized spacial score (nSPS) is 10.3. The molecular weight excluding hydrogens is 402 g/mol. The van der Waals surface area contributed by atoms with Crippen LogP contribution in [-0.4, -0.2) is 25.0 Å². The SMILES string of the molecule is CCCC(=O)Nc1ccc(NCC(=O)Nc2cccc(OCCc3ccccc3)c2)cc1. The third-order valence-corrected chi connectivity index (χ3v) is 4.72. The molecule has 3 aromatic carbocycles. The van der Waals surface area contributed by atoms with E-state index in [9.17, 15) is 9.59 Å². The summed E-state index contributed by atoms with van der Waals surface area (Å²) in [6.07, 6.45) is 2.13. The van der Waals surface area contributed by atoms with Crippen LogP contribution in [0.2, 0.25) is 0 Å². The van der Waals surface area contributed by atoms with Crippen LogP contribution in [-0.2, 0) is 16.0 Å². The average Bonchev–Trinajstić information content (AvgIpc) is 2.80. The van der Waals surface area contributed by atoms with E-state index in [2.05, 4.69) is 28.1 Å². The molecule has 2 amide bonds. The second kappa shape index (κ2) is 12.2. The molecule has 0 unspecified atom stereocenters. The fourth-order valence-corrected chi connectivity index (χ4v) is 3.10. The molecule has 6 nitrogen and oxygen atoms in total. The Morgan fingerprint density at radius 2 is 1.50 bits per heavy atom. The van der Waals surface area contributed by atoms with Crippen molar-refractivity contribution in [1.82, 2.24) is 0 Å². The Balaban J connectivity index is 1.42. The zero-order chi connectivity index (χ0) is 22.6. The number of benzene rings is 3. The Hall–Kier alpha value is -3.80. The van der Waals surface area contributed by atoms with Crippen LogP contribution in [0.15, 0.2) is 78.9 Å². The van der Waals surface area contributed by atoms with E-state index >= 15 is 0 Å². The first kappa shape index (κ1) is 22.9. The first-order chi connectivity index (χ1) is 15.6. The van der Waals surface area contributed by atoms with Gasteiger partial charge < -0.3 is 20.7 Å². The van der Waals surface area contributed by atoms with E-state index in [0.717, 1.165) is 24.2 Å². The number of hydrogen-bond donors (Lipinski definition) is 3. The smallest absolute Gasteiger partial charge is 0.243 e. The molecule has 3 rings (SSSR count). The van der Waals surface area contributed by atoms with Crippen LogP contribution >= 0.6 is 0 Å². The van der Waals surface area contributed by atoms with Gasteiger partial charge in [-0.3, -0.25) is 9.59 Å². The van der Waals surface area contributed by atoms with E-state index in [1.54, 1.807) is 0 Å². The lowest BCUT2D eigenvalue weighted by Gasteiger charge is -2.11. The second-order valence-electron chi connectivity index (χ2n) is 7.39. The van der Waals surface area contributed by atoms with Gasteiger partial charge in [-0.05, 0) is 48.4 Å². The Labute approximate surface area is 189 Å². The third-order valence-electron chi connectivity index (χ3n) is 4.72. The number of amides is 2. The van der Waals surface area contributed by atoms with Crippen molar-refractivity contribution in [2.24, 2.45) is 0 Å². The summed E-state index contributed by atoms with van der Waals surface area (Å²) in [6.45, 7) is 2.66. The molecule has 0 bridgehead atoms. The van der Waals surface area contributed by atoms with Crippen LogP contribution in [0.1, 0.15) is 25.3 Å². The van der Waals surface area contributed by atoms with Crippen LogP contribution in [0.25, 0.3) is 0 Å². The number of carbonyl (C=O) groups is 2.